The van der Waals surface area contributed by atoms with Gasteiger partial charge in [0, 0.05) is 20.1 Å². The van der Waals surface area contributed by atoms with Gasteiger partial charge in [0.15, 0.2) is 0 Å². The second-order valence-electron chi connectivity index (χ2n) is 5.37. The number of rotatable bonds is 5. The quantitative estimate of drug-likeness (QED) is 0.615. The van der Waals surface area contributed by atoms with Crippen molar-refractivity contribution in [3.63, 3.8) is 0 Å². The lowest BCUT2D eigenvalue weighted by atomic mass is 9.88. The number of hydrogen-bond acceptors (Lipinski definition) is 5. The second-order valence-corrected chi connectivity index (χ2v) is 5.76. The Morgan fingerprint density at radius 2 is 2.29 bits per heavy atom. The van der Waals surface area contributed by atoms with Crippen molar-refractivity contribution in [2.75, 3.05) is 40.1 Å². The molecular formula is C15H20ClNO4. The van der Waals surface area contributed by atoms with Gasteiger partial charge in [0.25, 0.3) is 0 Å². The SMILES string of the molecule is COCCOCc1cc(Cl)nc2c1CCOC21CCOC1. The normalized spacial score (nSPS) is 24.5. The fourth-order valence-corrected chi connectivity index (χ4v) is 3.18. The minimum Gasteiger partial charge on any atom is -0.382 e. The van der Waals surface area contributed by atoms with Gasteiger partial charge < -0.3 is 18.9 Å². The number of aromatic nitrogens is 1. The zero-order valence-corrected chi connectivity index (χ0v) is 12.9. The number of methoxy groups -OCH3 is 1. The van der Waals surface area contributed by atoms with Gasteiger partial charge in [-0.15, -0.1) is 0 Å². The fraction of sp³-hybridized carbons (Fsp3) is 0.667. The van der Waals surface area contributed by atoms with E-state index in [4.69, 9.17) is 30.5 Å². The fourth-order valence-electron chi connectivity index (χ4n) is 2.96. The van der Waals surface area contributed by atoms with Crippen molar-refractivity contribution in [1.29, 1.82) is 0 Å². The van der Waals surface area contributed by atoms with E-state index in [2.05, 4.69) is 4.98 Å². The van der Waals surface area contributed by atoms with Crippen molar-refractivity contribution < 1.29 is 18.9 Å². The third kappa shape index (κ3) is 3.07. The van der Waals surface area contributed by atoms with Crippen LogP contribution in [0.1, 0.15) is 23.2 Å². The molecule has 21 heavy (non-hydrogen) atoms. The smallest absolute Gasteiger partial charge is 0.136 e. The lowest BCUT2D eigenvalue weighted by molar-refractivity contribution is -0.0670. The Labute approximate surface area is 129 Å². The first-order valence-electron chi connectivity index (χ1n) is 7.22. The average Bonchev–Trinajstić information content (AvgIpc) is 2.94. The maximum atomic E-state index is 6.20. The average molecular weight is 314 g/mol. The van der Waals surface area contributed by atoms with E-state index < -0.39 is 5.60 Å². The van der Waals surface area contributed by atoms with Gasteiger partial charge >= 0.3 is 0 Å². The molecule has 2 aliphatic heterocycles. The molecule has 0 bridgehead atoms. The van der Waals surface area contributed by atoms with E-state index in [0.717, 1.165) is 24.1 Å². The van der Waals surface area contributed by atoms with E-state index in [1.165, 1.54) is 5.56 Å². The molecule has 3 rings (SSSR count). The summed E-state index contributed by atoms with van der Waals surface area (Å²) in [5.41, 5.74) is 2.81. The van der Waals surface area contributed by atoms with Crippen molar-refractivity contribution in [1.82, 2.24) is 4.98 Å². The van der Waals surface area contributed by atoms with Crippen LogP contribution in [0.2, 0.25) is 5.15 Å². The Hall–Kier alpha value is -0.720. The number of pyridine rings is 1. The molecule has 0 saturated carbocycles. The van der Waals surface area contributed by atoms with Gasteiger partial charge in [0.05, 0.1) is 38.7 Å². The van der Waals surface area contributed by atoms with Crippen LogP contribution in [-0.4, -0.2) is 45.1 Å². The monoisotopic (exact) mass is 313 g/mol. The van der Waals surface area contributed by atoms with Crippen LogP contribution in [0.4, 0.5) is 0 Å². The van der Waals surface area contributed by atoms with E-state index in [1.54, 1.807) is 7.11 Å². The van der Waals surface area contributed by atoms with Gasteiger partial charge in [-0.05, 0) is 23.6 Å². The minimum absolute atomic E-state index is 0.417. The number of nitrogens with zero attached hydrogens (tertiary/aromatic N) is 1. The molecule has 3 heterocycles. The molecule has 2 aliphatic rings. The summed E-state index contributed by atoms with van der Waals surface area (Å²) in [5, 5.41) is 0.482. The summed E-state index contributed by atoms with van der Waals surface area (Å²) in [7, 11) is 1.66. The highest BCUT2D eigenvalue weighted by Crippen LogP contribution is 2.40. The highest BCUT2D eigenvalue weighted by Gasteiger charge is 2.43. The van der Waals surface area contributed by atoms with Crippen LogP contribution < -0.4 is 0 Å². The summed E-state index contributed by atoms with van der Waals surface area (Å²) < 4.78 is 22.2. The van der Waals surface area contributed by atoms with E-state index in [0.29, 0.717) is 44.8 Å². The molecule has 0 radical (unpaired) electrons. The van der Waals surface area contributed by atoms with Gasteiger partial charge in [-0.3, -0.25) is 0 Å². The highest BCUT2D eigenvalue weighted by atomic mass is 35.5. The van der Waals surface area contributed by atoms with Crippen LogP contribution in [-0.2, 0) is 37.6 Å². The van der Waals surface area contributed by atoms with Crippen LogP contribution in [0.3, 0.4) is 0 Å². The van der Waals surface area contributed by atoms with Crippen molar-refractivity contribution in [2.45, 2.75) is 25.0 Å². The topological polar surface area (TPSA) is 49.8 Å². The van der Waals surface area contributed by atoms with Gasteiger partial charge in [0.1, 0.15) is 10.8 Å². The summed E-state index contributed by atoms with van der Waals surface area (Å²) >= 11 is 6.20. The Kier molecular flexibility index (Phi) is 4.76. The van der Waals surface area contributed by atoms with Gasteiger partial charge in [-0.2, -0.15) is 0 Å². The lowest BCUT2D eigenvalue weighted by Crippen LogP contribution is -2.37. The zero-order chi connectivity index (χ0) is 14.7. The largest absolute Gasteiger partial charge is 0.382 e. The third-order valence-corrected chi connectivity index (χ3v) is 4.22. The first-order chi connectivity index (χ1) is 10.2. The highest BCUT2D eigenvalue weighted by molar-refractivity contribution is 6.29. The summed E-state index contributed by atoms with van der Waals surface area (Å²) in [6.07, 6.45) is 1.67. The predicted octanol–water partition coefficient (Wildman–Crippen LogP) is 2.09. The molecule has 116 valence electrons. The molecule has 1 atom stereocenters. The molecule has 1 unspecified atom stereocenters. The summed E-state index contributed by atoms with van der Waals surface area (Å²) in [6, 6.07) is 1.89. The van der Waals surface area contributed by atoms with Crippen LogP contribution >= 0.6 is 11.6 Å². The van der Waals surface area contributed by atoms with Crippen LogP contribution in [0.15, 0.2) is 6.07 Å². The molecule has 5 nitrogen and oxygen atoms in total. The van der Waals surface area contributed by atoms with E-state index in [9.17, 15) is 0 Å². The van der Waals surface area contributed by atoms with Gasteiger partial charge in [-0.1, -0.05) is 11.6 Å². The van der Waals surface area contributed by atoms with Gasteiger partial charge in [-0.25, -0.2) is 4.98 Å². The molecule has 0 aliphatic carbocycles. The molecule has 1 fully saturated rings. The summed E-state index contributed by atoms with van der Waals surface area (Å²) in [4.78, 5) is 4.53. The van der Waals surface area contributed by atoms with Crippen molar-refractivity contribution in [3.8, 4) is 0 Å². The van der Waals surface area contributed by atoms with Gasteiger partial charge in [0.2, 0.25) is 0 Å². The molecule has 0 amide bonds. The number of ether oxygens (including phenoxy) is 4. The Morgan fingerprint density at radius 3 is 3.05 bits per heavy atom. The Morgan fingerprint density at radius 1 is 1.38 bits per heavy atom. The zero-order valence-electron chi connectivity index (χ0n) is 12.2. The van der Waals surface area contributed by atoms with Crippen LogP contribution in [0.25, 0.3) is 0 Å². The Bertz CT molecular complexity index is 503. The van der Waals surface area contributed by atoms with Crippen LogP contribution in [0.5, 0.6) is 0 Å². The molecule has 1 spiro atoms. The van der Waals surface area contributed by atoms with E-state index in [1.807, 2.05) is 6.07 Å². The lowest BCUT2D eigenvalue weighted by Gasteiger charge is -2.34. The molecule has 1 aromatic rings. The first kappa shape index (κ1) is 15.2. The third-order valence-electron chi connectivity index (χ3n) is 4.02. The molecule has 6 heteroatoms. The maximum Gasteiger partial charge on any atom is 0.136 e. The molecule has 1 saturated heterocycles. The van der Waals surface area contributed by atoms with Crippen molar-refractivity contribution in [2.24, 2.45) is 0 Å². The molecule has 0 N–H and O–H groups in total. The number of halogens is 1. The molecule has 1 aromatic heterocycles. The number of fused-ring (bicyclic) bond motifs is 2. The second kappa shape index (κ2) is 6.58. The first-order valence-corrected chi connectivity index (χ1v) is 7.60. The molecule has 0 aromatic carbocycles. The minimum atomic E-state index is -0.417. The molecular weight excluding hydrogens is 294 g/mol. The summed E-state index contributed by atoms with van der Waals surface area (Å²) in [6.45, 7) is 3.61. The predicted molar refractivity (Wildman–Crippen MR) is 77.5 cm³/mol. The Balaban J connectivity index is 1.86. The van der Waals surface area contributed by atoms with Crippen LogP contribution in [0, 0.1) is 0 Å². The van der Waals surface area contributed by atoms with E-state index in [-0.39, 0.29) is 0 Å². The van der Waals surface area contributed by atoms with Crippen molar-refractivity contribution in [3.05, 3.63) is 28.0 Å². The maximum absolute atomic E-state index is 6.20. The summed E-state index contributed by atoms with van der Waals surface area (Å²) in [5.74, 6) is 0. The van der Waals surface area contributed by atoms with E-state index >= 15 is 0 Å². The standard InChI is InChI=1S/C15H20ClNO4/c1-18-6-7-19-9-11-8-13(16)17-14-12(11)2-4-21-15(14)3-5-20-10-15/h8H,2-7,9-10H2,1H3. The van der Waals surface area contributed by atoms with Crippen molar-refractivity contribution >= 4 is 11.6 Å². The number of hydrogen-bond donors (Lipinski definition) is 0.